The van der Waals surface area contributed by atoms with Gasteiger partial charge in [0.05, 0.1) is 11.3 Å². The van der Waals surface area contributed by atoms with Gasteiger partial charge in [0.2, 0.25) is 5.95 Å². The molecular weight excluding hydrogens is 278 g/mol. The van der Waals surface area contributed by atoms with E-state index in [2.05, 4.69) is 9.97 Å². The van der Waals surface area contributed by atoms with Gasteiger partial charge in [0.25, 0.3) is 5.56 Å². The van der Waals surface area contributed by atoms with Gasteiger partial charge in [0, 0.05) is 31.6 Å². The van der Waals surface area contributed by atoms with Crippen LogP contribution in [0.25, 0.3) is 0 Å². The smallest absolute Gasteiger partial charge is 0.257 e. The minimum Gasteiger partial charge on any atom is -0.369 e. The third-order valence-corrected chi connectivity index (χ3v) is 3.61. The lowest BCUT2D eigenvalue weighted by molar-refractivity contribution is 0.235. The second kappa shape index (κ2) is 5.25. The van der Waals surface area contributed by atoms with E-state index in [0.29, 0.717) is 30.8 Å². The normalized spacial score (nSPS) is 15.0. The topological polar surface area (TPSA) is 75.0 Å². The van der Waals surface area contributed by atoms with Crippen LogP contribution in [-0.2, 0) is 19.5 Å². The van der Waals surface area contributed by atoms with Gasteiger partial charge >= 0.3 is 0 Å². The number of rotatable bonds is 2. The van der Waals surface area contributed by atoms with E-state index in [1.807, 2.05) is 4.90 Å². The van der Waals surface area contributed by atoms with Gasteiger partial charge in [-0.2, -0.15) is 0 Å². The zero-order valence-corrected chi connectivity index (χ0v) is 11.2. The molecule has 21 heavy (non-hydrogen) atoms. The summed E-state index contributed by atoms with van der Waals surface area (Å²) < 4.78 is 27.3. The molecule has 0 saturated heterocycles. The van der Waals surface area contributed by atoms with Crippen LogP contribution in [0, 0.1) is 11.6 Å². The predicted molar refractivity (Wildman–Crippen MR) is 73.4 cm³/mol. The molecule has 0 unspecified atom stereocenters. The maximum atomic E-state index is 13.7. The van der Waals surface area contributed by atoms with E-state index in [1.165, 1.54) is 18.2 Å². The Kier molecular flexibility index (Phi) is 3.42. The van der Waals surface area contributed by atoms with Crippen molar-refractivity contribution in [2.75, 3.05) is 12.3 Å². The molecule has 2 aromatic rings. The second-order valence-corrected chi connectivity index (χ2v) is 5.04. The summed E-state index contributed by atoms with van der Waals surface area (Å²) in [6.07, 6.45) is 0.527. The number of nitrogens with one attached hydrogen (secondary N) is 1. The van der Waals surface area contributed by atoms with E-state index in [-0.39, 0.29) is 23.6 Å². The molecule has 1 aliphatic rings. The highest BCUT2D eigenvalue weighted by Gasteiger charge is 2.22. The van der Waals surface area contributed by atoms with Crippen molar-refractivity contribution >= 4 is 5.95 Å². The van der Waals surface area contributed by atoms with Gasteiger partial charge in [0.1, 0.15) is 11.6 Å². The molecule has 110 valence electrons. The van der Waals surface area contributed by atoms with Crippen LogP contribution in [0.4, 0.5) is 14.7 Å². The Morgan fingerprint density at radius 2 is 2.05 bits per heavy atom. The molecule has 3 rings (SSSR count). The predicted octanol–water partition coefficient (Wildman–Crippen LogP) is 1.19. The summed E-state index contributed by atoms with van der Waals surface area (Å²) in [6, 6.07) is 3.79. The fourth-order valence-electron chi connectivity index (χ4n) is 2.54. The first-order valence-corrected chi connectivity index (χ1v) is 6.57. The number of aromatic amines is 1. The monoisotopic (exact) mass is 292 g/mol. The SMILES string of the molecule is Nc1nc2c(c(=O)[nH]1)CN(Cc1c(F)cccc1F)CC2. The van der Waals surface area contributed by atoms with Crippen molar-refractivity contribution in [1.82, 2.24) is 14.9 Å². The second-order valence-electron chi connectivity index (χ2n) is 5.04. The third kappa shape index (κ3) is 2.64. The standard InChI is InChI=1S/C14H14F2N4O/c15-10-2-1-3-11(16)8(10)6-20-5-4-12-9(7-20)13(21)19-14(17)18-12/h1-3H,4-7H2,(H3,17,18,19,21). The molecule has 5 nitrogen and oxygen atoms in total. The lowest BCUT2D eigenvalue weighted by Gasteiger charge is -2.27. The molecule has 0 atom stereocenters. The molecule has 1 aromatic carbocycles. The number of halogens is 2. The molecule has 0 saturated carbocycles. The summed E-state index contributed by atoms with van der Waals surface area (Å²) in [5, 5.41) is 0. The van der Waals surface area contributed by atoms with Crippen molar-refractivity contribution in [3.8, 4) is 0 Å². The highest BCUT2D eigenvalue weighted by atomic mass is 19.1. The molecule has 0 bridgehead atoms. The van der Waals surface area contributed by atoms with Crippen LogP contribution in [0.15, 0.2) is 23.0 Å². The summed E-state index contributed by atoms with van der Waals surface area (Å²) in [5.74, 6) is -1.07. The van der Waals surface area contributed by atoms with Gasteiger partial charge in [-0.05, 0) is 12.1 Å². The molecule has 1 aliphatic heterocycles. The van der Waals surface area contributed by atoms with Crippen molar-refractivity contribution in [2.45, 2.75) is 19.5 Å². The number of nitrogen functional groups attached to an aromatic ring is 1. The minimum absolute atomic E-state index is 0.0146. The number of benzene rings is 1. The van der Waals surface area contributed by atoms with E-state index >= 15 is 0 Å². The van der Waals surface area contributed by atoms with Crippen LogP contribution in [-0.4, -0.2) is 21.4 Å². The first kappa shape index (κ1) is 13.7. The van der Waals surface area contributed by atoms with Crippen LogP contribution >= 0.6 is 0 Å². The number of hydrogen-bond donors (Lipinski definition) is 2. The quantitative estimate of drug-likeness (QED) is 0.872. The zero-order valence-electron chi connectivity index (χ0n) is 11.2. The van der Waals surface area contributed by atoms with Crippen LogP contribution in [0.3, 0.4) is 0 Å². The molecule has 3 N–H and O–H groups in total. The Labute approximate surface area is 119 Å². The summed E-state index contributed by atoms with van der Waals surface area (Å²) in [5.41, 5.74) is 6.38. The van der Waals surface area contributed by atoms with Gasteiger partial charge in [-0.25, -0.2) is 13.8 Å². The summed E-state index contributed by atoms with van der Waals surface area (Å²) >= 11 is 0. The van der Waals surface area contributed by atoms with E-state index in [9.17, 15) is 13.6 Å². The summed E-state index contributed by atoms with van der Waals surface area (Å²) in [6.45, 7) is 0.976. The molecule has 2 heterocycles. The largest absolute Gasteiger partial charge is 0.369 e. The fraction of sp³-hybridized carbons (Fsp3) is 0.286. The van der Waals surface area contributed by atoms with Gasteiger partial charge in [-0.1, -0.05) is 6.07 Å². The molecule has 1 aromatic heterocycles. The first-order valence-electron chi connectivity index (χ1n) is 6.57. The molecule has 0 amide bonds. The van der Waals surface area contributed by atoms with E-state index < -0.39 is 11.6 Å². The average Bonchev–Trinajstić information content (AvgIpc) is 2.43. The Balaban J connectivity index is 1.86. The fourth-order valence-corrected chi connectivity index (χ4v) is 2.54. The number of fused-ring (bicyclic) bond motifs is 1. The Bertz CT molecular complexity index is 724. The summed E-state index contributed by atoms with van der Waals surface area (Å²) in [4.78, 5) is 20.2. The van der Waals surface area contributed by atoms with Gasteiger partial charge in [-0.3, -0.25) is 14.7 Å². The Morgan fingerprint density at radius 1 is 1.33 bits per heavy atom. The molecule has 0 fully saturated rings. The van der Waals surface area contributed by atoms with Crippen molar-refractivity contribution in [3.63, 3.8) is 0 Å². The van der Waals surface area contributed by atoms with E-state index in [0.717, 1.165) is 0 Å². The molecule has 0 spiro atoms. The third-order valence-electron chi connectivity index (χ3n) is 3.61. The van der Waals surface area contributed by atoms with Crippen molar-refractivity contribution in [3.05, 3.63) is 57.0 Å². The molecule has 0 aliphatic carbocycles. The van der Waals surface area contributed by atoms with Crippen LogP contribution in [0.2, 0.25) is 0 Å². The first-order chi connectivity index (χ1) is 10.0. The average molecular weight is 292 g/mol. The molecule has 0 radical (unpaired) electrons. The van der Waals surface area contributed by atoms with Crippen LogP contribution in [0.1, 0.15) is 16.8 Å². The van der Waals surface area contributed by atoms with Crippen molar-refractivity contribution in [2.24, 2.45) is 0 Å². The maximum Gasteiger partial charge on any atom is 0.257 e. The number of anilines is 1. The highest BCUT2D eigenvalue weighted by Crippen LogP contribution is 2.19. The number of hydrogen-bond acceptors (Lipinski definition) is 4. The summed E-state index contributed by atoms with van der Waals surface area (Å²) in [7, 11) is 0. The lowest BCUT2D eigenvalue weighted by Crippen LogP contribution is -2.36. The van der Waals surface area contributed by atoms with Gasteiger partial charge in [-0.15, -0.1) is 0 Å². The lowest BCUT2D eigenvalue weighted by atomic mass is 10.1. The van der Waals surface area contributed by atoms with E-state index in [1.54, 1.807) is 0 Å². The number of H-pyrrole nitrogens is 1. The minimum atomic E-state index is -0.579. The van der Waals surface area contributed by atoms with Gasteiger partial charge in [0.15, 0.2) is 0 Å². The zero-order chi connectivity index (χ0) is 15.0. The number of nitrogens with zero attached hydrogens (tertiary/aromatic N) is 2. The molecule has 7 heteroatoms. The number of aromatic nitrogens is 2. The van der Waals surface area contributed by atoms with Crippen molar-refractivity contribution in [1.29, 1.82) is 0 Å². The van der Waals surface area contributed by atoms with E-state index in [4.69, 9.17) is 5.73 Å². The Hall–Kier alpha value is -2.28. The van der Waals surface area contributed by atoms with Crippen LogP contribution in [0.5, 0.6) is 0 Å². The van der Waals surface area contributed by atoms with Crippen molar-refractivity contribution < 1.29 is 8.78 Å². The Morgan fingerprint density at radius 3 is 2.76 bits per heavy atom. The maximum absolute atomic E-state index is 13.7. The highest BCUT2D eigenvalue weighted by molar-refractivity contribution is 5.27. The van der Waals surface area contributed by atoms with Crippen LogP contribution < -0.4 is 11.3 Å². The van der Waals surface area contributed by atoms with Gasteiger partial charge < -0.3 is 5.73 Å². The number of nitrogens with two attached hydrogens (primary N) is 1. The molecular formula is C14H14F2N4O.